The van der Waals surface area contributed by atoms with Gasteiger partial charge in [0.05, 0.1) is 11.6 Å². The topological polar surface area (TPSA) is 28.7 Å². The molecule has 0 N–H and O–H groups in total. The molecule has 0 aliphatic carbocycles. The number of fused-ring (bicyclic) bond motifs is 1. The van der Waals surface area contributed by atoms with E-state index in [1.807, 2.05) is 36.5 Å². The molecule has 1 heterocycles. The fraction of sp³-hybridized carbons (Fsp3) is 0.0500. The van der Waals surface area contributed by atoms with E-state index in [-0.39, 0.29) is 0 Å². The van der Waals surface area contributed by atoms with Crippen LogP contribution in [-0.2, 0) is 6.54 Å². The van der Waals surface area contributed by atoms with Gasteiger partial charge in [-0.1, -0.05) is 42.5 Å². The number of benzene rings is 2. The quantitative estimate of drug-likeness (QED) is 0.491. The first kappa shape index (κ1) is 14.8. The third-order valence-electron chi connectivity index (χ3n) is 3.73. The molecule has 3 heteroatoms. The van der Waals surface area contributed by atoms with Crippen molar-refractivity contribution in [1.82, 2.24) is 4.57 Å². The van der Waals surface area contributed by atoms with Gasteiger partial charge in [0, 0.05) is 34.8 Å². The number of rotatable bonds is 4. The standard InChI is InChI=1S/C20H15FN2/c1-2-11-23-14-16(18-8-4-6-10-20(18)23)12-15(13-22)17-7-3-5-9-19(17)21/h2-10,12,14H,1,11H2/b15-12-. The lowest BCUT2D eigenvalue weighted by Crippen LogP contribution is -1.91. The van der Waals surface area contributed by atoms with Crippen molar-refractivity contribution in [1.29, 1.82) is 5.26 Å². The number of nitriles is 1. The van der Waals surface area contributed by atoms with Gasteiger partial charge in [0.25, 0.3) is 0 Å². The van der Waals surface area contributed by atoms with Crippen LogP contribution in [-0.4, -0.2) is 4.57 Å². The Kier molecular flexibility index (Phi) is 4.07. The van der Waals surface area contributed by atoms with Crippen molar-refractivity contribution in [3.8, 4) is 6.07 Å². The SMILES string of the molecule is C=CCn1cc(/C=C(/C#N)c2ccccc2F)c2ccccc21. The van der Waals surface area contributed by atoms with E-state index >= 15 is 0 Å². The number of hydrogen-bond donors (Lipinski definition) is 0. The normalized spacial score (nSPS) is 11.4. The fourth-order valence-electron chi connectivity index (χ4n) is 2.69. The first-order chi connectivity index (χ1) is 11.2. The Morgan fingerprint density at radius 2 is 1.91 bits per heavy atom. The van der Waals surface area contributed by atoms with Crippen LogP contribution in [0.3, 0.4) is 0 Å². The molecule has 0 atom stereocenters. The molecule has 1 aromatic heterocycles. The highest BCUT2D eigenvalue weighted by atomic mass is 19.1. The maximum absolute atomic E-state index is 14.0. The summed E-state index contributed by atoms with van der Waals surface area (Å²) in [4.78, 5) is 0. The van der Waals surface area contributed by atoms with Crippen LogP contribution < -0.4 is 0 Å². The molecule has 0 bridgehead atoms. The van der Waals surface area contributed by atoms with Crippen LogP contribution in [0.25, 0.3) is 22.6 Å². The molecule has 112 valence electrons. The fourth-order valence-corrected chi connectivity index (χ4v) is 2.69. The average Bonchev–Trinajstić information content (AvgIpc) is 2.92. The molecule has 3 rings (SSSR count). The Balaban J connectivity index is 2.18. The minimum Gasteiger partial charge on any atom is -0.343 e. The largest absolute Gasteiger partial charge is 0.343 e. The summed E-state index contributed by atoms with van der Waals surface area (Å²) in [6, 6.07) is 16.4. The van der Waals surface area contributed by atoms with Crippen molar-refractivity contribution in [2.24, 2.45) is 0 Å². The van der Waals surface area contributed by atoms with Gasteiger partial charge in [-0.15, -0.1) is 6.58 Å². The molecule has 0 aliphatic heterocycles. The first-order valence-electron chi connectivity index (χ1n) is 7.30. The zero-order chi connectivity index (χ0) is 16.2. The zero-order valence-electron chi connectivity index (χ0n) is 12.5. The maximum Gasteiger partial charge on any atom is 0.131 e. The van der Waals surface area contributed by atoms with E-state index in [1.54, 1.807) is 24.3 Å². The van der Waals surface area contributed by atoms with Gasteiger partial charge in [-0.3, -0.25) is 0 Å². The van der Waals surface area contributed by atoms with Crippen molar-refractivity contribution >= 4 is 22.6 Å². The van der Waals surface area contributed by atoms with Crippen LogP contribution in [0.2, 0.25) is 0 Å². The summed E-state index contributed by atoms with van der Waals surface area (Å²) >= 11 is 0. The first-order valence-corrected chi connectivity index (χ1v) is 7.30. The molecule has 0 saturated carbocycles. The van der Waals surface area contributed by atoms with Gasteiger partial charge in [-0.25, -0.2) is 4.39 Å². The molecular weight excluding hydrogens is 287 g/mol. The Hall–Kier alpha value is -3.12. The predicted octanol–water partition coefficient (Wildman–Crippen LogP) is 5.03. The Labute approximate surface area is 134 Å². The molecule has 0 spiro atoms. The van der Waals surface area contributed by atoms with E-state index in [0.29, 0.717) is 17.7 Å². The second-order valence-corrected chi connectivity index (χ2v) is 5.19. The molecule has 3 aromatic rings. The molecule has 0 fully saturated rings. The number of allylic oxidation sites excluding steroid dienone is 2. The van der Waals surface area contributed by atoms with Crippen LogP contribution in [0, 0.1) is 17.1 Å². The summed E-state index contributed by atoms with van der Waals surface area (Å²) in [5.41, 5.74) is 2.58. The second kappa shape index (κ2) is 6.33. The van der Waals surface area contributed by atoms with Crippen LogP contribution in [0.15, 0.2) is 67.4 Å². The monoisotopic (exact) mass is 302 g/mol. The second-order valence-electron chi connectivity index (χ2n) is 5.19. The number of para-hydroxylation sites is 1. The van der Waals surface area contributed by atoms with Gasteiger partial charge >= 0.3 is 0 Å². The van der Waals surface area contributed by atoms with Gasteiger partial charge in [-0.2, -0.15) is 5.26 Å². The number of hydrogen-bond acceptors (Lipinski definition) is 1. The maximum atomic E-state index is 14.0. The van der Waals surface area contributed by atoms with Crippen molar-refractivity contribution in [3.05, 3.63) is 84.3 Å². The third-order valence-corrected chi connectivity index (χ3v) is 3.73. The zero-order valence-corrected chi connectivity index (χ0v) is 12.5. The van der Waals surface area contributed by atoms with Gasteiger partial charge in [0.15, 0.2) is 0 Å². The molecule has 0 unspecified atom stereocenters. The predicted molar refractivity (Wildman–Crippen MR) is 92.0 cm³/mol. The Morgan fingerprint density at radius 3 is 2.65 bits per heavy atom. The summed E-state index contributed by atoms with van der Waals surface area (Å²) in [6.07, 6.45) is 5.52. The van der Waals surface area contributed by atoms with Crippen molar-refractivity contribution in [3.63, 3.8) is 0 Å². The van der Waals surface area contributed by atoms with E-state index in [2.05, 4.69) is 17.2 Å². The van der Waals surface area contributed by atoms with Crippen molar-refractivity contribution < 1.29 is 4.39 Å². The highest BCUT2D eigenvalue weighted by Gasteiger charge is 2.10. The molecule has 0 aliphatic rings. The molecule has 0 radical (unpaired) electrons. The van der Waals surface area contributed by atoms with Gasteiger partial charge in [0.1, 0.15) is 5.82 Å². The highest BCUT2D eigenvalue weighted by Crippen LogP contribution is 2.27. The summed E-state index contributed by atoms with van der Waals surface area (Å²) in [5.74, 6) is -0.393. The summed E-state index contributed by atoms with van der Waals surface area (Å²) in [7, 11) is 0. The lowest BCUT2D eigenvalue weighted by atomic mass is 10.0. The molecule has 0 amide bonds. The molecule has 0 saturated heterocycles. The average molecular weight is 302 g/mol. The summed E-state index contributed by atoms with van der Waals surface area (Å²) in [5, 5.41) is 10.5. The number of halogens is 1. The van der Waals surface area contributed by atoms with Crippen molar-refractivity contribution in [2.45, 2.75) is 6.54 Å². The lowest BCUT2D eigenvalue weighted by molar-refractivity contribution is 0.624. The van der Waals surface area contributed by atoms with E-state index in [0.717, 1.165) is 16.5 Å². The third kappa shape index (κ3) is 2.79. The molecule has 23 heavy (non-hydrogen) atoms. The minimum atomic E-state index is -0.393. The van der Waals surface area contributed by atoms with E-state index in [9.17, 15) is 9.65 Å². The van der Waals surface area contributed by atoms with E-state index < -0.39 is 5.82 Å². The number of nitrogens with zero attached hydrogens (tertiary/aromatic N) is 2. The van der Waals surface area contributed by atoms with Crippen LogP contribution >= 0.6 is 0 Å². The lowest BCUT2D eigenvalue weighted by Gasteiger charge is -2.00. The molecule has 2 aromatic carbocycles. The molecule has 2 nitrogen and oxygen atoms in total. The highest BCUT2D eigenvalue weighted by molar-refractivity contribution is 5.98. The van der Waals surface area contributed by atoms with Gasteiger partial charge in [0.2, 0.25) is 0 Å². The van der Waals surface area contributed by atoms with Crippen LogP contribution in [0.1, 0.15) is 11.1 Å². The van der Waals surface area contributed by atoms with Crippen LogP contribution in [0.4, 0.5) is 4.39 Å². The van der Waals surface area contributed by atoms with Gasteiger partial charge < -0.3 is 4.57 Å². The van der Waals surface area contributed by atoms with Gasteiger partial charge in [-0.05, 0) is 18.2 Å². The summed E-state index contributed by atoms with van der Waals surface area (Å²) < 4.78 is 16.0. The summed E-state index contributed by atoms with van der Waals surface area (Å²) in [6.45, 7) is 4.45. The van der Waals surface area contributed by atoms with Crippen molar-refractivity contribution in [2.75, 3.05) is 0 Å². The Bertz CT molecular complexity index is 942. The smallest absolute Gasteiger partial charge is 0.131 e. The van der Waals surface area contributed by atoms with E-state index in [1.165, 1.54) is 6.07 Å². The Morgan fingerprint density at radius 1 is 1.17 bits per heavy atom. The minimum absolute atomic E-state index is 0.310. The number of aromatic nitrogens is 1. The molecular formula is C20H15FN2. The van der Waals surface area contributed by atoms with Crippen LogP contribution in [0.5, 0.6) is 0 Å². The van der Waals surface area contributed by atoms with E-state index in [4.69, 9.17) is 0 Å².